The summed E-state index contributed by atoms with van der Waals surface area (Å²) in [6.45, 7) is 8.00. The number of rotatable bonds is 4. The molecule has 1 saturated carbocycles. The van der Waals surface area contributed by atoms with Gasteiger partial charge in [-0.2, -0.15) is 0 Å². The molecule has 1 fully saturated rings. The molecular weight excluding hydrogens is 379 g/mol. The first-order chi connectivity index (χ1) is 13.2. The van der Waals surface area contributed by atoms with Crippen molar-refractivity contribution in [3.8, 4) is 0 Å². The van der Waals surface area contributed by atoms with E-state index >= 15 is 0 Å². The number of methoxy groups -OCH3 is 1. The Morgan fingerprint density at radius 3 is 2.71 bits per heavy atom. The van der Waals surface area contributed by atoms with Crippen LogP contribution in [0.25, 0.3) is 0 Å². The second-order valence-corrected chi connectivity index (χ2v) is 8.48. The molecule has 0 heterocycles. The topological polar surface area (TPSA) is 43.4 Å². The maximum absolute atomic E-state index is 13.5. The zero-order valence-corrected chi connectivity index (χ0v) is 17.3. The molecule has 3 nitrogen and oxygen atoms in total. The predicted molar refractivity (Wildman–Crippen MR) is 107 cm³/mol. The maximum Gasteiger partial charge on any atom is 0.333 e. The molecule has 0 spiro atoms. The Labute approximate surface area is 170 Å². The van der Waals surface area contributed by atoms with Crippen LogP contribution in [0, 0.1) is 29.5 Å². The summed E-state index contributed by atoms with van der Waals surface area (Å²) >= 11 is 5.93. The van der Waals surface area contributed by atoms with Crippen molar-refractivity contribution in [3.63, 3.8) is 0 Å². The maximum atomic E-state index is 13.5. The quantitative estimate of drug-likeness (QED) is 0.504. The minimum absolute atomic E-state index is 0.00309. The molecule has 0 aliphatic heterocycles. The Morgan fingerprint density at radius 1 is 1.36 bits per heavy atom. The fourth-order valence-electron chi connectivity index (χ4n) is 4.87. The van der Waals surface area contributed by atoms with Gasteiger partial charge in [-0.3, -0.25) is 4.79 Å². The number of hydrogen-bond donors (Lipinski definition) is 0. The van der Waals surface area contributed by atoms with E-state index in [4.69, 9.17) is 16.3 Å². The Bertz CT molecular complexity index is 857. The van der Waals surface area contributed by atoms with Gasteiger partial charge in [0.25, 0.3) is 0 Å². The van der Waals surface area contributed by atoms with Gasteiger partial charge in [-0.25, -0.2) is 9.18 Å². The molecule has 5 heteroatoms. The lowest BCUT2D eigenvalue weighted by Crippen LogP contribution is -2.25. The zero-order chi connectivity index (χ0) is 20.6. The molecule has 1 aromatic carbocycles. The SMILES string of the molecule is C=C(C(=O)OC)[C@@H]1CC[C@H](C)[C@H]2C(=C(C)C(=O)C2Cc2ccc(F)c(Cl)c2)C1. The Balaban J connectivity index is 1.88. The Morgan fingerprint density at radius 2 is 2.07 bits per heavy atom. The standard InChI is InChI=1S/C23H26ClFO3/c1-12-5-7-16(13(2)23(27)28-4)11-17-14(3)22(26)18(21(12)17)9-15-6-8-20(25)19(24)10-15/h6,8,10,12,16,18,21H,2,5,7,9,11H2,1,3-4H3/t12-,16+,18?,21-/m0/s1. The summed E-state index contributed by atoms with van der Waals surface area (Å²) < 4.78 is 18.3. The zero-order valence-electron chi connectivity index (χ0n) is 16.6. The minimum atomic E-state index is -0.454. The summed E-state index contributed by atoms with van der Waals surface area (Å²) in [4.78, 5) is 25.0. The van der Waals surface area contributed by atoms with Crippen LogP contribution < -0.4 is 0 Å². The van der Waals surface area contributed by atoms with Gasteiger partial charge >= 0.3 is 5.97 Å². The van der Waals surface area contributed by atoms with E-state index in [1.165, 1.54) is 13.2 Å². The van der Waals surface area contributed by atoms with Gasteiger partial charge in [0, 0.05) is 11.5 Å². The van der Waals surface area contributed by atoms with Gasteiger partial charge in [-0.15, -0.1) is 0 Å². The lowest BCUT2D eigenvalue weighted by molar-refractivity contribution is -0.136. The van der Waals surface area contributed by atoms with Crippen LogP contribution in [0.15, 0.2) is 41.5 Å². The van der Waals surface area contributed by atoms with Crippen LogP contribution in [-0.2, 0) is 20.7 Å². The van der Waals surface area contributed by atoms with Crippen LogP contribution >= 0.6 is 11.6 Å². The number of allylic oxidation sites excluding steroid dienone is 2. The monoisotopic (exact) mass is 404 g/mol. The molecule has 0 amide bonds. The van der Waals surface area contributed by atoms with Gasteiger partial charge in [-0.05, 0) is 73.6 Å². The van der Waals surface area contributed by atoms with E-state index in [1.807, 2.05) is 6.92 Å². The summed E-state index contributed by atoms with van der Waals surface area (Å²) in [6, 6.07) is 4.66. The fraction of sp³-hybridized carbons (Fsp3) is 0.478. The highest BCUT2D eigenvalue weighted by Gasteiger charge is 2.44. The molecule has 0 aromatic heterocycles. The fourth-order valence-corrected chi connectivity index (χ4v) is 5.07. The van der Waals surface area contributed by atoms with E-state index in [0.29, 0.717) is 24.3 Å². The van der Waals surface area contributed by atoms with Gasteiger partial charge in [0.1, 0.15) is 5.82 Å². The van der Waals surface area contributed by atoms with E-state index in [0.717, 1.165) is 29.6 Å². The molecule has 0 saturated heterocycles. The van der Waals surface area contributed by atoms with Crippen molar-refractivity contribution < 1.29 is 18.7 Å². The molecule has 28 heavy (non-hydrogen) atoms. The van der Waals surface area contributed by atoms with E-state index in [-0.39, 0.29) is 34.5 Å². The number of carbonyl (C=O) groups excluding carboxylic acids is 2. The number of fused-ring (bicyclic) bond motifs is 1. The van der Waals surface area contributed by atoms with Crippen LogP contribution in [-0.4, -0.2) is 18.9 Å². The molecule has 2 aliphatic carbocycles. The van der Waals surface area contributed by atoms with Crippen molar-refractivity contribution in [1.29, 1.82) is 0 Å². The third kappa shape index (κ3) is 3.80. The summed E-state index contributed by atoms with van der Waals surface area (Å²) in [5.41, 5.74) is 3.30. The van der Waals surface area contributed by atoms with Crippen molar-refractivity contribution in [3.05, 3.63) is 57.9 Å². The third-order valence-corrected chi connectivity index (χ3v) is 6.74. The largest absolute Gasteiger partial charge is 0.466 e. The van der Waals surface area contributed by atoms with Crippen LogP contribution in [0.1, 0.15) is 38.7 Å². The lowest BCUT2D eigenvalue weighted by Gasteiger charge is -2.26. The molecule has 150 valence electrons. The summed E-state index contributed by atoms with van der Waals surface area (Å²) in [7, 11) is 1.36. The van der Waals surface area contributed by atoms with Crippen LogP contribution in [0.3, 0.4) is 0 Å². The number of ether oxygens (including phenoxy) is 1. The molecule has 1 unspecified atom stereocenters. The lowest BCUT2D eigenvalue weighted by atomic mass is 9.77. The van der Waals surface area contributed by atoms with Crippen LogP contribution in [0.5, 0.6) is 0 Å². The highest BCUT2D eigenvalue weighted by molar-refractivity contribution is 6.30. The first-order valence-electron chi connectivity index (χ1n) is 9.69. The minimum Gasteiger partial charge on any atom is -0.466 e. The van der Waals surface area contributed by atoms with Gasteiger partial charge in [0.05, 0.1) is 12.1 Å². The Kier molecular flexibility index (Phi) is 6.09. The molecule has 4 atom stereocenters. The third-order valence-electron chi connectivity index (χ3n) is 6.45. The highest BCUT2D eigenvalue weighted by atomic mass is 35.5. The second-order valence-electron chi connectivity index (χ2n) is 8.07. The van der Waals surface area contributed by atoms with Crippen molar-refractivity contribution >= 4 is 23.4 Å². The van der Waals surface area contributed by atoms with Crippen molar-refractivity contribution in [2.75, 3.05) is 7.11 Å². The normalized spacial score (nSPS) is 27.4. The van der Waals surface area contributed by atoms with Crippen LogP contribution in [0.2, 0.25) is 5.02 Å². The van der Waals surface area contributed by atoms with Crippen molar-refractivity contribution in [2.45, 2.75) is 39.5 Å². The van der Waals surface area contributed by atoms with Crippen LogP contribution in [0.4, 0.5) is 4.39 Å². The average molecular weight is 405 g/mol. The Hall–Kier alpha value is -1.94. The molecular formula is C23H26ClFO3. The van der Waals surface area contributed by atoms with E-state index in [1.54, 1.807) is 12.1 Å². The highest BCUT2D eigenvalue weighted by Crippen LogP contribution is 2.49. The number of benzene rings is 1. The van der Waals surface area contributed by atoms with Crippen molar-refractivity contribution in [1.82, 2.24) is 0 Å². The average Bonchev–Trinajstić information content (AvgIpc) is 2.81. The van der Waals surface area contributed by atoms with Gasteiger partial charge in [0.15, 0.2) is 5.78 Å². The molecule has 0 radical (unpaired) electrons. The van der Waals surface area contributed by atoms with E-state index in [2.05, 4.69) is 13.5 Å². The summed E-state index contributed by atoms with van der Waals surface area (Å²) in [5, 5.41) is 0.0798. The number of halogens is 2. The molecule has 2 aliphatic rings. The smallest absolute Gasteiger partial charge is 0.333 e. The summed E-state index contributed by atoms with van der Waals surface area (Å²) in [5.74, 6) is -0.411. The van der Waals surface area contributed by atoms with Gasteiger partial charge in [-0.1, -0.05) is 36.7 Å². The number of esters is 1. The molecule has 0 N–H and O–H groups in total. The van der Waals surface area contributed by atoms with Crippen molar-refractivity contribution in [2.24, 2.45) is 23.7 Å². The van der Waals surface area contributed by atoms with E-state index < -0.39 is 5.82 Å². The number of hydrogen-bond acceptors (Lipinski definition) is 3. The first kappa shape index (κ1) is 20.8. The number of Topliss-reactive ketones (excluding diaryl/α,β-unsaturated/α-hetero) is 1. The van der Waals surface area contributed by atoms with Gasteiger partial charge in [0.2, 0.25) is 0 Å². The number of carbonyl (C=O) groups is 2. The summed E-state index contributed by atoms with van der Waals surface area (Å²) in [6.07, 6.45) is 2.97. The molecule has 3 rings (SSSR count). The second kappa shape index (κ2) is 8.20. The first-order valence-corrected chi connectivity index (χ1v) is 10.1. The number of ketones is 1. The van der Waals surface area contributed by atoms with Gasteiger partial charge < -0.3 is 4.74 Å². The van der Waals surface area contributed by atoms with E-state index in [9.17, 15) is 14.0 Å². The predicted octanol–water partition coefficient (Wildman–Crippen LogP) is 5.32. The molecule has 0 bridgehead atoms. The molecule has 1 aromatic rings.